The van der Waals surface area contributed by atoms with Crippen molar-refractivity contribution in [2.24, 2.45) is 0 Å². The van der Waals surface area contributed by atoms with Gasteiger partial charge in [0.2, 0.25) is 0 Å². The Hall–Kier alpha value is -4.16. The maximum atomic E-state index is 2.44. The SMILES string of the molecule is c1cc2ccc3ccc4c5ccc6ccc7cccc8cc(c9cc(c1)c2c3c49)c5c6c78. The lowest BCUT2D eigenvalue weighted by molar-refractivity contribution is 1.80. The van der Waals surface area contributed by atoms with Crippen LogP contribution in [0.4, 0.5) is 0 Å². The third kappa shape index (κ3) is 1.60. The van der Waals surface area contributed by atoms with Crippen molar-refractivity contribution in [3.63, 3.8) is 0 Å². The summed E-state index contributed by atoms with van der Waals surface area (Å²) >= 11 is 0. The quantitative estimate of drug-likeness (QED) is 0.176. The Kier molecular flexibility index (Phi) is 2.44. The monoisotopic (exact) mass is 400 g/mol. The lowest BCUT2D eigenvalue weighted by Crippen LogP contribution is -1.92. The molecule has 0 heterocycles. The minimum absolute atomic E-state index is 1.33. The molecule has 0 spiro atoms. The highest BCUT2D eigenvalue weighted by molar-refractivity contribution is 6.44. The van der Waals surface area contributed by atoms with Crippen LogP contribution in [0.1, 0.15) is 0 Å². The van der Waals surface area contributed by atoms with E-state index in [0.29, 0.717) is 0 Å². The van der Waals surface area contributed by atoms with E-state index in [1.54, 1.807) is 0 Å². The van der Waals surface area contributed by atoms with Crippen molar-refractivity contribution in [3.05, 3.63) is 97.1 Å². The van der Waals surface area contributed by atoms with Gasteiger partial charge in [-0.15, -0.1) is 0 Å². The molecule has 0 aliphatic carbocycles. The molecule has 0 aromatic heterocycles. The predicted molar refractivity (Wildman–Crippen MR) is 140 cm³/mol. The molecule has 0 saturated heterocycles. The summed E-state index contributed by atoms with van der Waals surface area (Å²) in [6, 6.07) is 36.7. The molecule has 0 aliphatic heterocycles. The van der Waals surface area contributed by atoms with E-state index in [-0.39, 0.29) is 0 Å². The van der Waals surface area contributed by atoms with Gasteiger partial charge in [-0.25, -0.2) is 0 Å². The normalized spacial score (nSPS) is 13.0. The zero-order valence-corrected chi connectivity index (χ0v) is 17.2. The largest absolute Gasteiger partial charge is 0.0610 e. The van der Waals surface area contributed by atoms with E-state index in [1.807, 2.05) is 0 Å². The van der Waals surface area contributed by atoms with E-state index in [9.17, 15) is 0 Å². The topological polar surface area (TPSA) is 0 Å². The smallest absolute Gasteiger partial charge is 0.00137 e. The molecule has 9 aromatic rings. The van der Waals surface area contributed by atoms with Crippen molar-refractivity contribution in [2.45, 2.75) is 0 Å². The van der Waals surface area contributed by atoms with Gasteiger partial charge in [0.15, 0.2) is 0 Å². The Bertz CT molecular complexity index is 2020. The van der Waals surface area contributed by atoms with E-state index in [2.05, 4.69) is 97.1 Å². The maximum absolute atomic E-state index is 2.44. The van der Waals surface area contributed by atoms with Crippen LogP contribution in [0.5, 0.6) is 0 Å². The highest BCUT2D eigenvalue weighted by Crippen LogP contribution is 2.48. The summed E-state index contributed by atoms with van der Waals surface area (Å²) in [5, 5.41) is 21.9. The summed E-state index contributed by atoms with van der Waals surface area (Å²) in [6.45, 7) is 0. The minimum atomic E-state index is 1.33. The van der Waals surface area contributed by atoms with Crippen molar-refractivity contribution in [1.82, 2.24) is 0 Å². The molecular formula is C32H16. The van der Waals surface area contributed by atoms with Gasteiger partial charge in [0, 0.05) is 0 Å². The van der Waals surface area contributed by atoms with E-state index >= 15 is 0 Å². The molecular weight excluding hydrogens is 384 g/mol. The van der Waals surface area contributed by atoms with Crippen molar-refractivity contribution < 1.29 is 0 Å². The molecule has 0 atom stereocenters. The molecule has 9 rings (SSSR count). The lowest BCUT2D eigenvalue weighted by Gasteiger charge is -2.20. The molecule has 0 heteroatoms. The van der Waals surface area contributed by atoms with Gasteiger partial charge in [0.05, 0.1) is 0 Å². The molecule has 0 saturated carbocycles. The number of rotatable bonds is 0. The van der Waals surface area contributed by atoms with E-state index in [0.717, 1.165) is 0 Å². The molecule has 144 valence electrons. The fourth-order valence-electron chi connectivity index (χ4n) is 6.57. The van der Waals surface area contributed by atoms with E-state index in [4.69, 9.17) is 0 Å². The van der Waals surface area contributed by atoms with Crippen molar-refractivity contribution in [3.8, 4) is 0 Å². The summed E-state index contributed by atoms with van der Waals surface area (Å²) in [7, 11) is 0. The second kappa shape index (κ2) is 5.00. The molecule has 0 fully saturated rings. The fraction of sp³-hybridized carbons (Fsp3) is 0. The first-order valence-corrected chi connectivity index (χ1v) is 11.3. The van der Waals surface area contributed by atoms with Crippen LogP contribution in [-0.2, 0) is 0 Å². The lowest BCUT2D eigenvalue weighted by atomic mass is 9.82. The number of fused-ring (bicyclic) bond motifs is 2. The molecule has 0 radical (unpaired) electrons. The van der Waals surface area contributed by atoms with Gasteiger partial charge in [-0.05, 0) is 98.3 Å². The van der Waals surface area contributed by atoms with Crippen molar-refractivity contribution in [2.75, 3.05) is 0 Å². The van der Waals surface area contributed by atoms with Gasteiger partial charge in [-0.3, -0.25) is 0 Å². The van der Waals surface area contributed by atoms with Gasteiger partial charge >= 0.3 is 0 Å². The van der Waals surface area contributed by atoms with Gasteiger partial charge in [-0.1, -0.05) is 84.9 Å². The first-order chi connectivity index (χ1) is 15.9. The molecule has 0 nitrogen and oxygen atoms in total. The first kappa shape index (κ1) is 15.6. The van der Waals surface area contributed by atoms with Gasteiger partial charge < -0.3 is 0 Å². The zero-order chi connectivity index (χ0) is 20.6. The minimum Gasteiger partial charge on any atom is -0.0610 e. The fourth-order valence-corrected chi connectivity index (χ4v) is 6.57. The average molecular weight is 400 g/mol. The van der Waals surface area contributed by atoms with Gasteiger partial charge in [0.1, 0.15) is 0 Å². The molecule has 32 heavy (non-hydrogen) atoms. The standard InChI is InChI=1S/C32H16/c1-3-17-7-9-19-11-13-23-24-14-12-20-10-8-18-4-2-6-22-16-26(32(24)30(20)28(18)22)25-15-21(5-1)27(17)29(19)31(23)25/h1-16H. The van der Waals surface area contributed by atoms with Gasteiger partial charge in [0.25, 0.3) is 0 Å². The van der Waals surface area contributed by atoms with Crippen LogP contribution in [0.15, 0.2) is 97.1 Å². The number of benzene rings is 9. The summed E-state index contributed by atoms with van der Waals surface area (Å²) in [6.07, 6.45) is 0. The maximum Gasteiger partial charge on any atom is -0.00137 e. The summed E-state index contributed by atoms with van der Waals surface area (Å²) in [5.74, 6) is 0. The summed E-state index contributed by atoms with van der Waals surface area (Å²) in [4.78, 5) is 0. The Morgan fingerprint density at radius 1 is 0.250 bits per heavy atom. The van der Waals surface area contributed by atoms with E-state index in [1.165, 1.54) is 86.2 Å². The Balaban J connectivity index is 1.74. The predicted octanol–water partition coefficient (Wildman–Crippen LogP) is 9.23. The second-order valence-electron chi connectivity index (χ2n) is 9.31. The summed E-state index contributed by atoms with van der Waals surface area (Å²) in [5.41, 5.74) is 0. The highest BCUT2D eigenvalue weighted by atomic mass is 14.2. The second-order valence-corrected chi connectivity index (χ2v) is 9.31. The summed E-state index contributed by atoms with van der Waals surface area (Å²) < 4.78 is 0. The highest BCUT2D eigenvalue weighted by Gasteiger charge is 2.20. The molecule has 9 aromatic carbocycles. The van der Waals surface area contributed by atoms with Crippen LogP contribution >= 0.6 is 0 Å². The third-order valence-corrected chi connectivity index (χ3v) is 7.84. The van der Waals surface area contributed by atoms with Gasteiger partial charge in [-0.2, -0.15) is 0 Å². The molecule has 0 bridgehead atoms. The first-order valence-electron chi connectivity index (χ1n) is 11.3. The molecule has 0 aliphatic rings. The van der Waals surface area contributed by atoms with Crippen LogP contribution in [0, 0.1) is 0 Å². The van der Waals surface area contributed by atoms with Crippen LogP contribution in [-0.4, -0.2) is 0 Å². The molecule has 0 N–H and O–H groups in total. The van der Waals surface area contributed by atoms with Crippen molar-refractivity contribution >= 4 is 86.2 Å². The Morgan fingerprint density at radius 3 is 1.09 bits per heavy atom. The van der Waals surface area contributed by atoms with Crippen LogP contribution in [0.2, 0.25) is 0 Å². The van der Waals surface area contributed by atoms with Crippen LogP contribution < -0.4 is 0 Å². The number of hydrogen-bond donors (Lipinski definition) is 0. The Morgan fingerprint density at radius 2 is 0.625 bits per heavy atom. The van der Waals surface area contributed by atoms with E-state index < -0.39 is 0 Å². The molecule has 0 amide bonds. The van der Waals surface area contributed by atoms with Crippen LogP contribution in [0.3, 0.4) is 0 Å². The molecule has 0 unspecified atom stereocenters. The average Bonchev–Trinajstić information content (AvgIpc) is 2.85. The third-order valence-electron chi connectivity index (χ3n) is 7.84. The number of hydrogen-bond acceptors (Lipinski definition) is 0. The van der Waals surface area contributed by atoms with Crippen LogP contribution in [0.25, 0.3) is 86.2 Å². The van der Waals surface area contributed by atoms with Crippen molar-refractivity contribution in [1.29, 1.82) is 0 Å². The Labute approximate surface area is 183 Å². The zero-order valence-electron chi connectivity index (χ0n) is 17.2.